The van der Waals surface area contributed by atoms with E-state index in [4.69, 9.17) is 5.41 Å². The first kappa shape index (κ1) is 9.96. The van der Waals surface area contributed by atoms with Gasteiger partial charge in [-0.25, -0.2) is 0 Å². The van der Waals surface area contributed by atoms with E-state index >= 15 is 0 Å². The first-order chi connectivity index (χ1) is 6.07. The Morgan fingerprint density at radius 2 is 1.92 bits per heavy atom. The fraction of sp³-hybridized carbons (Fsp3) is 0.600. The highest BCUT2D eigenvalue weighted by Gasteiger charge is 2.31. The number of hydrogen-bond acceptors (Lipinski definition) is 2. The maximum atomic E-state index is 11.4. The van der Waals surface area contributed by atoms with Crippen LogP contribution in [0.2, 0.25) is 0 Å². The van der Waals surface area contributed by atoms with E-state index in [0.717, 1.165) is 18.4 Å². The van der Waals surface area contributed by atoms with Gasteiger partial charge in [-0.15, -0.1) is 0 Å². The molecule has 0 radical (unpaired) electrons. The van der Waals surface area contributed by atoms with Gasteiger partial charge in [0, 0.05) is 18.7 Å². The predicted molar refractivity (Wildman–Crippen MR) is 52.9 cm³/mol. The Morgan fingerprint density at radius 3 is 2.23 bits per heavy atom. The van der Waals surface area contributed by atoms with Crippen LogP contribution in [0.4, 0.5) is 0 Å². The predicted octanol–water partition coefficient (Wildman–Crippen LogP) is 1.50. The van der Waals surface area contributed by atoms with Crippen LogP contribution >= 0.6 is 0 Å². The zero-order valence-corrected chi connectivity index (χ0v) is 8.40. The largest absolute Gasteiger partial charge is 0.355 e. The van der Waals surface area contributed by atoms with Crippen molar-refractivity contribution in [2.45, 2.75) is 26.7 Å². The van der Waals surface area contributed by atoms with E-state index in [1.807, 2.05) is 13.8 Å². The minimum Gasteiger partial charge on any atom is -0.355 e. The molecule has 3 heteroatoms. The summed E-state index contributed by atoms with van der Waals surface area (Å²) in [7, 11) is 1.60. The molecule has 0 heterocycles. The van der Waals surface area contributed by atoms with Crippen LogP contribution in [0.1, 0.15) is 26.7 Å². The summed E-state index contributed by atoms with van der Waals surface area (Å²) >= 11 is 0. The fourth-order valence-corrected chi connectivity index (χ4v) is 1.32. The Labute approximate surface area is 78.7 Å². The molecule has 0 aromatic heterocycles. The van der Waals surface area contributed by atoms with E-state index in [2.05, 4.69) is 5.32 Å². The number of likely N-dealkylation sites (N-methyl/N-ethyl adjacent to an activating group) is 1. The number of rotatable bonds is 3. The Balaban J connectivity index is 2.85. The Hall–Kier alpha value is -1.12. The van der Waals surface area contributed by atoms with Crippen LogP contribution < -0.4 is 5.32 Å². The molecule has 13 heavy (non-hydrogen) atoms. The van der Waals surface area contributed by atoms with Gasteiger partial charge in [0.15, 0.2) is 0 Å². The third kappa shape index (κ3) is 2.17. The molecule has 0 aromatic rings. The summed E-state index contributed by atoms with van der Waals surface area (Å²) in [6, 6.07) is 0. The lowest BCUT2D eigenvalue weighted by Gasteiger charge is -2.08. The molecule has 0 saturated heterocycles. The average Bonchev–Trinajstić information content (AvgIpc) is 2.85. The van der Waals surface area contributed by atoms with Crippen molar-refractivity contribution >= 4 is 11.6 Å². The molecule has 1 aliphatic rings. The zero-order valence-electron chi connectivity index (χ0n) is 8.40. The maximum absolute atomic E-state index is 11.4. The normalized spacial score (nSPS) is 15.0. The molecule has 1 fully saturated rings. The number of carbonyl (C=O) groups is 1. The highest BCUT2D eigenvalue weighted by atomic mass is 16.1. The highest BCUT2D eigenvalue weighted by molar-refractivity contribution is 6.22. The molecular formula is C10H16N2O. The van der Waals surface area contributed by atoms with E-state index in [-0.39, 0.29) is 5.91 Å². The lowest BCUT2D eigenvalue weighted by atomic mass is 10.0. The lowest BCUT2D eigenvalue weighted by Crippen LogP contribution is -2.26. The lowest BCUT2D eigenvalue weighted by molar-refractivity contribution is -0.116. The van der Waals surface area contributed by atoms with Crippen LogP contribution in [0.5, 0.6) is 0 Å². The maximum Gasteiger partial charge on any atom is 0.252 e. The first-order valence-electron chi connectivity index (χ1n) is 4.56. The smallest absolute Gasteiger partial charge is 0.252 e. The number of hydrogen-bond donors (Lipinski definition) is 2. The second-order valence-electron chi connectivity index (χ2n) is 3.64. The molecule has 1 rings (SSSR count). The van der Waals surface area contributed by atoms with E-state index < -0.39 is 0 Å². The fourth-order valence-electron chi connectivity index (χ4n) is 1.32. The second kappa shape index (κ2) is 3.73. The number of carbonyl (C=O) groups excluding carboxylic acids is 1. The SMILES string of the molecule is CNC(=O)C(C(=N)C1CC1)=C(C)C. The monoisotopic (exact) mass is 180 g/mol. The topological polar surface area (TPSA) is 53.0 Å². The summed E-state index contributed by atoms with van der Waals surface area (Å²) in [5.74, 6) is 0.207. The summed E-state index contributed by atoms with van der Waals surface area (Å²) in [6.07, 6.45) is 2.12. The zero-order chi connectivity index (χ0) is 10.0. The molecular weight excluding hydrogens is 164 g/mol. The molecule has 0 atom stereocenters. The van der Waals surface area contributed by atoms with Crippen molar-refractivity contribution in [2.75, 3.05) is 7.05 Å². The molecule has 0 unspecified atom stereocenters. The average molecular weight is 180 g/mol. The van der Waals surface area contributed by atoms with Crippen LogP contribution in [0.25, 0.3) is 0 Å². The molecule has 1 amide bonds. The van der Waals surface area contributed by atoms with Gasteiger partial charge in [0.25, 0.3) is 5.91 Å². The third-order valence-corrected chi connectivity index (χ3v) is 2.21. The third-order valence-electron chi connectivity index (χ3n) is 2.21. The Kier molecular flexibility index (Phi) is 2.86. The summed E-state index contributed by atoms with van der Waals surface area (Å²) in [5.41, 5.74) is 2.01. The molecule has 0 aliphatic heterocycles. The minimum atomic E-state index is -0.128. The van der Waals surface area contributed by atoms with Crippen molar-refractivity contribution in [2.24, 2.45) is 5.92 Å². The van der Waals surface area contributed by atoms with Gasteiger partial charge in [0.1, 0.15) is 0 Å². The molecule has 1 saturated carbocycles. The van der Waals surface area contributed by atoms with Gasteiger partial charge in [-0.3, -0.25) is 4.79 Å². The standard InChI is InChI=1S/C10H16N2O/c1-6(2)8(10(13)12-3)9(11)7-4-5-7/h7,11H,4-5H2,1-3H3,(H,12,13). The quantitative estimate of drug-likeness (QED) is 0.502. The summed E-state index contributed by atoms with van der Waals surface area (Å²) < 4.78 is 0. The van der Waals surface area contributed by atoms with Crippen LogP contribution in [-0.4, -0.2) is 18.7 Å². The van der Waals surface area contributed by atoms with E-state index in [9.17, 15) is 4.79 Å². The van der Waals surface area contributed by atoms with Crippen LogP contribution in [0, 0.1) is 11.3 Å². The number of allylic oxidation sites excluding steroid dienone is 1. The van der Waals surface area contributed by atoms with Crippen molar-refractivity contribution in [3.63, 3.8) is 0 Å². The van der Waals surface area contributed by atoms with E-state index in [0.29, 0.717) is 17.2 Å². The first-order valence-corrected chi connectivity index (χ1v) is 4.56. The second-order valence-corrected chi connectivity index (χ2v) is 3.64. The summed E-state index contributed by atoms with van der Waals surface area (Å²) in [6.45, 7) is 3.75. The van der Waals surface area contributed by atoms with Gasteiger partial charge in [-0.05, 0) is 26.7 Å². The van der Waals surface area contributed by atoms with Crippen molar-refractivity contribution in [3.8, 4) is 0 Å². The number of nitrogens with one attached hydrogen (secondary N) is 2. The minimum absolute atomic E-state index is 0.128. The van der Waals surface area contributed by atoms with Crippen LogP contribution in [0.3, 0.4) is 0 Å². The highest BCUT2D eigenvalue weighted by Crippen LogP contribution is 2.33. The van der Waals surface area contributed by atoms with Crippen molar-refractivity contribution < 1.29 is 4.79 Å². The molecule has 2 N–H and O–H groups in total. The van der Waals surface area contributed by atoms with Crippen molar-refractivity contribution in [1.29, 1.82) is 5.41 Å². The van der Waals surface area contributed by atoms with Crippen LogP contribution in [-0.2, 0) is 4.79 Å². The van der Waals surface area contributed by atoms with Gasteiger partial charge in [0.05, 0.1) is 5.57 Å². The van der Waals surface area contributed by atoms with Gasteiger partial charge in [-0.2, -0.15) is 0 Å². The Morgan fingerprint density at radius 1 is 1.38 bits per heavy atom. The molecule has 0 bridgehead atoms. The van der Waals surface area contributed by atoms with Gasteiger partial charge < -0.3 is 10.7 Å². The van der Waals surface area contributed by atoms with Crippen molar-refractivity contribution in [3.05, 3.63) is 11.1 Å². The molecule has 72 valence electrons. The van der Waals surface area contributed by atoms with Gasteiger partial charge in [0.2, 0.25) is 0 Å². The molecule has 0 aromatic carbocycles. The summed E-state index contributed by atoms with van der Waals surface area (Å²) in [4.78, 5) is 11.4. The molecule has 1 aliphatic carbocycles. The number of amides is 1. The van der Waals surface area contributed by atoms with Gasteiger partial charge >= 0.3 is 0 Å². The van der Waals surface area contributed by atoms with E-state index in [1.54, 1.807) is 7.05 Å². The summed E-state index contributed by atoms with van der Waals surface area (Å²) in [5, 5.41) is 10.4. The van der Waals surface area contributed by atoms with Crippen LogP contribution in [0.15, 0.2) is 11.1 Å². The Bertz CT molecular complexity index is 271. The van der Waals surface area contributed by atoms with Gasteiger partial charge in [-0.1, -0.05) is 5.57 Å². The molecule has 0 spiro atoms. The van der Waals surface area contributed by atoms with E-state index in [1.165, 1.54) is 0 Å². The molecule has 3 nitrogen and oxygen atoms in total. The van der Waals surface area contributed by atoms with Crippen molar-refractivity contribution in [1.82, 2.24) is 5.32 Å².